The maximum absolute atomic E-state index is 12.0. The molecule has 1 aromatic rings. The highest BCUT2D eigenvalue weighted by Crippen LogP contribution is 2.47. The molecule has 106 valence electrons. The van der Waals surface area contributed by atoms with Crippen LogP contribution in [0.15, 0.2) is 18.2 Å². The fourth-order valence-corrected chi connectivity index (χ4v) is 2.00. The average Bonchev–Trinajstić information content (AvgIpc) is 3.15. The Bertz CT molecular complexity index is 591. The van der Waals surface area contributed by atoms with Crippen LogP contribution in [0.25, 0.3) is 0 Å². The second-order valence-corrected chi connectivity index (χ2v) is 5.00. The highest BCUT2D eigenvalue weighted by atomic mass is 16.4. The Balaban J connectivity index is 2.20. The van der Waals surface area contributed by atoms with Crippen molar-refractivity contribution in [2.45, 2.75) is 26.7 Å². The Morgan fingerprint density at radius 3 is 2.15 bits per heavy atom. The molecule has 1 aliphatic carbocycles. The van der Waals surface area contributed by atoms with Gasteiger partial charge in [-0.05, 0) is 37.5 Å². The first-order valence-corrected chi connectivity index (χ1v) is 6.29. The van der Waals surface area contributed by atoms with Gasteiger partial charge in [0.1, 0.15) is 5.41 Å². The SMILES string of the molecule is CC(=O)Nc1cccc(NC(=O)C2(C(=O)O)CC2)c1C. The Kier molecular flexibility index (Phi) is 3.48. The molecule has 3 N–H and O–H groups in total. The summed E-state index contributed by atoms with van der Waals surface area (Å²) in [6, 6.07) is 5.08. The number of amides is 2. The van der Waals surface area contributed by atoms with Crippen molar-refractivity contribution in [3.8, 4) is 0 Å². The van der Waals surface area contributed by atoms with Gasteiger partial charge in [-0.1, -0.05) is 6.07 Å². The maximum Gasteiger partial charge on any atom is 0.319 e. The Morgan fingerprint density at radius 2 is 1.70 bits per heavy atom. The lowest BCUT2D eigenvalue weighted by atomic mass is 10.1. The van der Waals surface area contributed by atoms with Gasteiger partial charge >= 0.3 is 5.97 Å². The fraction of sp³-hybridized carbons (Fsp3) is 0.357. The highest BCUT2D eigenvalue weighted by molar-refractivity contribution is 6.11. The molecule has 6 heteroatoms. The first-order chi connectivity index (χ1) is 9.36. The first kappa shape index (κ1) is 14.0. The minimum Gasteiger partial charge on any atom is -0.480 e. The van der Waals surface area contributed by atoms with Gasteiger partial charge in [0.25, 0.3) is 0 Å². The lowest BCUT2D eigenvalue weighted by Gasteiger charge is -2.15. The number of hydrogen-bond donors (Lipinski definition) is 3. The molecule has 1 saturated carbocycles. The van der Waals surface area contributed by atoms with E-state index in [-0.39, 0.29) is 5.91 Å². The van der Waals surface area contributed by atoms with E-state index in [9.17, 15) is 14.4 Å². The van der Waals surface area contributed by atoms with Crippen LogP contribution in [0.2, 0.25) is 0 Å². The van der Waals surface area contributed by atoms with Gasteiger partial charge in [0.15, 0.2) is 0 Å². The van der Waals surface area contributed by atoms with Gasteiger partial charge in [-0.3, -0.25) is 14.4 Å². The number of nitrogens with one attached hydrogen (secondary N) is 2. The van der Waals surface area contributed by atoms with Crippen LogP contribution in [0.1, 0.15) is 25.3 Å². The van der Waals surface area contributed by atoms with Crippen LogP contribution in [-0.4, -0.2) is 22.9 Å². The Hall–Kier alpha value is -2.37. The molecular formula is C14H16N2O4. The standard InChI is InChI=1S/C14H16N2O4/c1-8-10(15-9(2)17)4-3-5-11(8)16-12(18)14(6-7-14)13(19)20/h3-5H,6-7H2,1-2H3,(H,15,17)(H,16,18)(H,19,20). The van der Waals surface area contributed by atoms with Crippen LogP contribution in [-0.2, 0) is 14.4 Å². The summed E-state index contributed by atoms with van der Waals surface area (Å²) in [5.41, 5.74) is 0.512. The summed E-state index contributed by atoms with van der Waals surface area (Å²) >= 11 is 0. The van der Waals surface area contributed by atoms with Crippen molar-refractivity contribution in [1.29, 1.82) is 0 Å². The summed E-state index contributed by atoms with van der Waals surface area (Å²) in [5, 5.41) is 14.4. The highest BCUT2D eigenvalue weighted by Gasteiger charge is 2.57. The van der Waals surface area contributed by atoms with Crippen LogP contribution in [0.5, 0.6) is 0 Å². The van der Waals surface area contributed by atoms with Gasteiger partial charge in [-0.25, -0.2) is 0 Å². The fourth-order valence-electron chi connectivity index (χ4n) is 2.00. The molecule has 2 amide bonds. The maximum atomic E-state index is 12.0. The van der Waals surface area contributed by atoms with Gasteiger partial charge in [0.05, 0.1) is 0 Å². The van der Waals surface area contributed by atoms with Crippen molar-refractivity contribution in [3.05, 3.63) is 23.8 Å². The van der Waals surface area contributed by atoms with E-state index in [1.54, 1.807) is 25.1 Å². The third-order valence-corrected chi connectivity index (χ3v) is 3.49. The molecule has 0 atom stereocenters. The number of carboxylic acid groups (broad SMARTS) is 1. The van der Waals surface area contributed by atoms with Crippen molar-refractivity contribution < 1.29 is 19.5 Å². The van der Waals surface area contributed by atoms with Gasteiger partial charge in [0.2, 0.25) is 11.8 Å². The van der Waals surface area contributed by atoms with Crippen LogP contribution < -0.4 is 10.6 Å². The summed E-state index contributed by atoms with van der Waals surface area (Å²) in [5.74, 6) is -1.81. The van der Waals surface area contributed by atoms with Gasteiger partial charge in [-0.2, -0.15) is 0 Å². The van der Waals surface area contributed by atoms with Crippen molar-refractivity contribution in [3.63, 3.8) is 0 Å². The van der Waals surface area contributed by atoms with E-state index < -0.39 is 17.3 Å². The minimum atomic E-state index is -1.28. The minimum absolute atomic E-state index is 0.208. The number of carbonyl (C=O) groups is 3. The van der Waals surface area contributed by atoms with Crippen molar-refractivity contribution >= 4 is 29.2 Å². The van der Waals surface area contributed by atoms with Crippen LogP contribution in [0.3, 0.4) is 0 Å². The molecule has 0 radical (unpaired) electrons. The number of benzene rings is 1. The number of anilines is 2. The molecule has 1 aliphatic rings. The molecule has 0 spiro atoms. The zero-order chi connectivity index (χ0) is 14.9. The zero-order valence-electron chi connectivity index (χ0n) is 11.3. The second kappa shape index (κ2) is 4.96. The smallest absolute Gasteiger partial charge is 0.319 e. The number of aliphatic carboxylic acids is 1. The van der Waals surface area contributed by atoms with Crippen LogP contribution >= 0.6 is 0 Å². The Morgan fingerprint density at radius 1 is 1.15 bits per heavy atom. The van der Waals surface area contributed by atoms with E-state index in [2.05, 4.69) is 10.6 Å². The summed E-state index contributed by atoms with van der Waals surface area (Å²) in [7, 11) is 0. The molecule has 0 heterocycles. The normalized spacial score (nSPS) is 15.3. The topological polar surface area (TPSA) is 95.5 Å². The number of rotatable bonds is 4. The van der Waals surface area contributed by atoms with E-state index in [0.29, 0.717) is 29.8 Å². The van der Waals surface area contributed by atoms with Crippen molar-refractivity contribution in [1.82, 2.24) is 0 Å². The van der Waals surface area contributed by atoms with E-state index >= 15 is 0 Å². The third kappa shape index (κ3) is 2.49. The van der Waals surface area contributed by atoms with E-state index in [1.807, 2.05) is 0 Å². The van der Waals surface area contributed by atoms with Gasteiger partial charge in [-0.15, -0.1) is 0 Å². The molecule has 0 aromatic heterocycles. The van der Waals surface area contributed by atoms with Gasteiger partial charge < -0.3 is 15.7 Å². The molecule has 0 saturated heterocycles. The summed E-state index contributed by atoms with van der Waals surface area (Å²) in [6.45, 7) is 3.15. The number of carboxylic acids is 1. The summed E-state index contributed by atoms with van der Waals surface area (Å²) in [4.78, 5) is 34.2. The predicted molar refractivity (Wildman–Crippen MR) is 73.4 cm³/mol. The third-order valence-electron chi connectivity index (χ3n) is 3.49. The molecule has 20 heavy (non-hydrogen) atoms. The van der Waals surface area contributed by atoms with Gasteiger partial charge in [0, 0.05) is 18.3 Å². The molecule has 6 nitrogen and oxygen atoms in total. The van der Waals surface area contributed by atoms with Crippen LogP contribution in [0, 0.1) is 12.3 Å². The second-order valence-electron chi connectivity index (χ2n) is 5.00. The molecule has 1 aromatic carbocycles. The summed E-state index contributed by atoms with van der Waals surface area (Å²) in [6.07, 6.45) is 0.719. The van der Waals surface area contributed by atoms with Crippen molar-refractivity contribution in [2.24, 2.45) is 5.41 Å². The lowest BCUT2D eigenvalue weighted by molar-refractivity contribution is -0.147. The monoisotopic (exact) mass is 276 g/mol. The van der Waals surface area contributed by atoms with E-state index in [1.165, 1.54) is 6.92 Å². The molecule has 0 aliphatic heterocycles. The lowest BCUT2D eigenvalue weighted by Crippen LogP contribution is -2.31. The molecular weight excluding hydrogens is 260 g/mol. The predicted octanol–water partition coefficient (Wildman–Crippen LogP) is 1.76. The van der Waals surface area contributed by atoms with Crippen LogP contribution in [0.4, 0.5) is 11.4 Å². The number of carbonyl (C=O) groups excluding carboxylic acids is 2. The number of hydrogen-bond acceptors (Lipinski definition) is 3. The quantitative estimate of drug-likeness (QED) is 0.730. The largest absolute Gasteiger partial charge is 0.480 e. The zero-order valence-corrected chi connectivity index (χ0v) is 11.3. The van der Waals surface area contributed by atoms with E-state index in [4.69, 9.17) is 5.11 Å². The molecule has 0 bridgehead atoms. The van der Waals surface area contributed by atoms with E-state index in [0.717, 1.165) is 0 Å². The van der Waals surface area contributed by atoms with Crippen molar-refractivity contribution in [2.75, 3.05) is 10.6 Å². The molecule has 1 fully saturated rings. The Labute approximate surface area is 116 Å². The summed E-state index contributed by atoms with van der Waals surface area (Å²) < 4.78 is 0. The molecule has 0 unspecified atom stereocenters. The molecule has 2 rings (SSSR count). The average molecular weight is 276 g/mol. The first-order valence-electron chi connectivity index (χ1n) is 6.29.